The van der Waals surface area contributed by atoms with E-state index in [1.807, 2.05) is 18.7 Å². The van der Waals surface area contributed by atoms with Gasteiger partial charge < -0.3 is 11.1 Å². The van der Waals surface area contributed by atoms with Crippen molar-refractivity contribution in [3.05, 3.63) is 35.4 Å². The number of hydrogen-bond acceptors (Lipinski definition) is 3. The van der Waals surface area contributed by atoms with E-state index in [1.165, 1.54) is 11.1 Å². The van der Waals surface area contributed by atoms with Gasteiger partial charge in [0.1, 0.15) is 0 Å². The highest BCUT2D eigenvalue weighted by Gasteiger charge is 2.27. The number of likely N-dealkylation sites (N-methyl/N-ethyl adjacent to an activating group) is 1. The third-order valence-corrected chi connectivity index (χ3v) is 4.22. The Hall–Kier alpha value is -1.00. The molecule has 1 rings (SSSR count). The Kier molecular flexibility index (Phi) is 5.69. The quantitative estimate of drug-likeness (QED) is 0.743. The molecule has 1 unspecified atom stereocenters. The molecule has 0 aromatic heterocycles. The van der Waals surface area contributed by atoms with E-state index in [9.17, 15) is 4.79 Å². The average molecular weight is 266 g/mol. The molecule has 0 saturated carbocycles. The standard InChI is InChI=1S/C14H22N2OS/c1-11-5-4-6-12(9-11)10-18-8-7-14(2,16-3)13(15)17/h4-6,9,16H,7-8,10H2,1-3H3,(H2,15,17). The average Bonchev–Trinajstić information content (AvgIpc) is 2.34. The van der Waals surface area contributed by atoms with Crippen LogP contribution in [0.5, 0.6) is 0 Å². The number of carbonyl (C=O) groups excluding carboxylic acids is 1. The van der Waals surface area contributed by atoms with Crippen LogP contribution in [0.1, 0.15) is 24.5 Å². The maximum absolute atomic E-state index is 11.3. The Morgan fingerprint density at radius 3 is 2.78 bits per heavy atom. The highest BCUT2D eigenvalue weighted by atomic mass is 32.2. The fourth-order valence-electron chi connectivity index (χ4n) is 1.64. The summed E-state index contributed by atoms with van der Waals surface area (Å²) in [6.07, 6.45) is 0.745. The van der Waals surface area contributed by atoms with Gasteiger partial charge in [-0.2, -0.15) is 11.8 Å². The molecular formula is C14H22N2OS. The summed E-state index contributed by atoms with van der Waals surface area (Å²) in [6.45, 7) is 3.95. The smallest absolute Gasteiger partial charge is 0.237 e. The molecule has 0 saturated heterocycles. The first-order valence-electron chi connectivity index (χ1n) is 6.10. The molecule has 3 nitrogen and oxygen atoms in total. The van der Waals surface area contributed by atoms with Crippen LogP contribution < -0.4 is 11.1 Å². The molecular weight excluding hydrogens is 244 g/mol. The van der Waals surface area contributed by atoms with Crippen molar-refractivity contribution in [2.24, 2.45) is 5.73 Å². The summed E-state index contributed by atoms with van der Waals surface area (Å²) >= 11 is 1.83. The first kappa shape index (κ1) is 15.1. The second-order valence-corrected chi connectivity index (χ2v) is 5.84. The van der Waals surface area contributed by atoms with Crippen molar-refractivity contribution in [2.75, 3.05) is 12.8 Å². The summed E-state index contributed by atoms with van der Waals surface area (Å²) in [4.78, 5) is 11.3. The molecule has 18 heavy (non-hydrogen) atoms. The summed E-state index contributed by atoms with van der Waals surface area (Å²) in [5, 5.41) is 3.00. The van der Waals surface area contributed by atoms with E-state index in [4.69, 9.17) is 5.73 Å². The predicted octanol–water partition coefficient (Wildman–Crippen LogP) is 2.08. The van der Waals surface area contributed by atoms with E-state index in [1.54, 1.807) is 7.05 Å². The molecule has 0 spiro atoms. The van der Waals surface area contributed by atoms with Crippen molar-refractivity contribution >= 4 is 17.7 Å². The van der Waals surface area contributed by atoms with Gasteiger partial charge in [0, 0.05) is 5.75 Å². The summed E-state index contributed by atoms with van der Waals surface area (Å²) in [5.74, 6) is 1.59. The number of primary amides is 1. The number of hydrogen-bond donors (Lipinski definition) is 2. The molecule has 100 valence electrons. The first-order valence-corrected chi connectivity index (χ1v) is 7.25. The van der Waals surface area contributed by atoms with Gasteiger partial charge in [-0.25, -0.2) is 0 Å². The van der Waals surface area contributed by atoms with Crippen LogP contribution in [0, 0.1) is 6.92 Å². The minimum atomic E-state index is -0.598. The van der Waals surface area contributed by atoms with E-state index in [2.05, 4.69) is 36.5 Å². The Morgan fingerprint density at radius 2 is 2.22 bits per heavy atom. The number of nitrogens with two attached hydrogens (primary N) is 1. The van der Waals surface area contributed by atoms with Crippen molar-refractivity contribution in [1.29, 1.82) is 0 Å². The fourth-order valence-corrected chi connectivity index (χ4v) is 2.75. The van der Waals surface area contributed by atoms with Crippen LogP contribution in [-0.4, -0.2) is 24.2 Å². The maximum Gasteiger partial charge on any atom is 0.237 e. The van der Waals surface area contributed by atoms with Crippen molar-refractivity contribution in [3.63, 3.8) is 0 Å². The van der Waals surface area contributed by atoms with E-state index < -0.39 is 5.54 Å². The molecule has 1 aromatic rings. The lowest BCUT2D eigenvalue weighted by molar-refractivity contribution is -0.123. The fraction of sp³-hybridized carbons (Fsp3) is 0.500. The molecule has 1 amide bonds. The number of nitrogens with one attached hydrogen (secondary N) is 1. The normalized spacial score (nSPS) is 14.2. The van der Waals surface area contributed by atoms with Crippen LogP contribution in [0.2, 0.25) is 0 Å². The predicted molar refractivity (Wildman–Crippen MR) is 78.6 cm³/mol. The van der Waals surface area contributed by atoms with Gasteiger partial charge >= 0.3 is 0 Å². The molecule has 0 heterocycles. The lowest BCUT2D eigenvalue weighted by Gasteiger charge is -2.25. The van der Waals surface area contributed by atoms with E-state index in [0.29, 0.717) is 0 Å². The second kappa shape index (κ2) is 6.81. The second-order valence-electron chi connectivity index (χ2n) is 4.74. The van der Waals surface area contributed by atoms with Crippen LogP contribution in [0.3, 0.4) is 0 Å². The van der Waals surface area contributed by atoms with E-state index >= 15 is 0 Å². The Morgan fingerprint density at radius 1 is 1.50 bits per heavy atom. The van der Waals surface area contributed by atoms with Crippen LogP contribution >= 0.6 is 11.8 Å². The van der Waals surface area contributed by atoms with E-state index in [-0.39, 0.29) is 5.91 Å². The van der Waals surface area contributed by atoms with Crippen LogP contribution in [0.25, 0.3) is 0 Å². The van der Waals surface area contributed by atoms with Gasteiger partial charge in [-0.1, -0.05) is 29.8 Å². The molecule has 0 aliphatic carbocycles. The summed E-state index contributed by atoms with van der Waals surface area (Å²) < 4.78 is 0. The lowest BCUT2D eigenvalue weighted by atomic mass is 9.99. The number of thioether (sulfide) groups is 1. The van der Waals surface area contributed by atoms with Crippen LogP contribution in [0.15, 0.2) is 24.3 Å². The van der Waals surface area contributed by atoms with Crippen molar-refractivity contribution < 1.29 is 4.79 Å². The number of benzene rings is 1. The molecule has 0 aliphatic rings. The lowest BCUT2D eigenvalue weighted by Crippen LogP contribution is -2.51. The topological polar surface area (TPSA) is 55.1 Å². The zero-order chi connectivity index (χ0) is 13.6. The zero-order valence-electron chi connectivity index (χ0n) is 11.3. The highest BCUT2D eigenvalue weighted by molar-refractivity contribution is 7.98. The minimum absolute atomic E-state index is 0.291. The highest BCUT2D eigenvalue weighted by Crippen LogP contribution is 2.18. The van der Waals surface area contributed by atoms with Gasteiger partial charge in [-0.3, -0.25) is 4.79 Å². The molecule has 0 aliphatic heterocycles. The SMILES string of the molecule is CNC(C)(CCSCc1cccc(C)c1)C(N)=O. The van der Waals surface area contributed by atoms with Gasteiger partial charge in [0.2, 0.25) is 5.91 Å². The third kappa shape index (κ3) is 4.35. The van der Waals surface area contributed by atoms with Crippen LogP contribution in [-0.2, 0) is 10.5 Å². The summed E-state index contributed by atoms with van der Waals surface area (Å²) in [5.41, 5.74) is 7.39. The third-order valence-electron chi connectivity index (χ3n) is 3.19. The van der Waals surface area contributed by atoms with Gasteiger partial charge in [-0.05, 0) is 38.6 Å². The Bertz CT molecular complexity index is 409. The molecule has 1 aromatic carbocycles. The number of carbonyl (C=O) groups is 1. The molecule has 0 bridgehead atoms. The maximum atomic E-state index is 11.3. The van der Waals surface area contributed by atoms with Gasteiger partial charge in [0.15, 0.2) is 0 Å². The van der Waals surface area contributed by atoms with Crippen molar-refractivity contribution in [1.82, 2.24) is 5.32 Å². The zero-order valence-corrected chi connectivity index (χ0v) is 12.1. The number of amides is 1. The van der Waals surface area contributed by atoms with Crippen molar-refractivity contribution in [2.45, 2.75) is 31.6 Å². The monoisotopic (exact) mass is 266 g/mol. The molecule has 3 N–H and O–H groups in total. The number of aryl methyl sites for hydroxylation is 1. The van der Waals surface area contributed by atoms with Gasteiger partial charge in [-0.15, -0.1) is 0 Å². The molecule has 4 heteroatoms. The van der Waals surface area contributed by atoms with Gasteiger partial charge in [0.05, 0.1) is 5.54 Å². The summed E-state index contributed by atoms with van der Waals surface area (Å²) in [7, 11) is 1.77. The van der Waals surface area contributed by atoms with Crippen LogP contribution in [0.4, 0.5) is 0 Å². The molecule has 0 radical (unpaired) electrons. The first-order chi connectivity index (χ1) is 8.48. The molecule has 1 atom stereocenters. The van der Waals surface area contributed by atoms with E-state index in [0.717, 1.165) is 17.9 Å². The largest absolute Gasteiger partial charge is 0.368 e. The molecule has 0 fully saturated rings. The minimum Gasteiger partial charge on any atom is -0.368 e. The van der Waals surface area contributed by atoms with Gasteiger partial charge in [0.25, 0.3) is 0 Å². The van der Waals surface area contributed by atoms with Crippen molar-refractivity contribution in [3.8, 4) is 0 Å². The Balaban J connectivity index is 2.37. The Labute approximate surface area is 114 Å². The summed E-state index contributed by atoms with van der Waals surface area (Å²) in [6, 6.07) is 8.50. The number of rotatable bonds is 7.